The first-order valence-electron chi connectivity index (χ1n) is 5.95. The topological polar surface area (TPSA) is 29.0 Å². The predicted molar refractivity (Wildman–Crippen MR) is 66.8 cm³/mol. The molecule has 2 rings (SSSR count). The minimum Gasteiger partial charge on any atom is -0.341 e. The maximum absolute atomic E-state index is 5.72. The summed E-state index contributed by atoms with van der Waals surface area (Å²) in [5.74, 6) is 2.13. The van der Waals surface area contributed by atoms with Crippen LogP contribution in [0.25, 0.3) is 0 Å². The van der Waals surface area contributed by atoms with E-state index in [4.69, 9.17) is 11.6 Å². The average molecular weight is 240 g/mol. The molecule has 3 nitrogen and oxygen atoms in total. The first-order valence-corrected chi connectivity index (χ1v) is 6.48. The molecule has 4 heteroatoms. The van der Waals surface area contributed by atoms with E-state index in [1.165, 1.54) is 19.3 Å². The Bertz CT molecular complexity index is 326. The summed E-state index contributed by atoms with van der Waals surface area (Å²) < 4.78 is 0. The van der Waals surface area contributed by atoms with Gasteiger partial charge in [-0.3, -0.25) is 0 Å². The Morgan fingerprint density at radius 2 is 2.19 bits per heavy atom. The number of halogens is 1. The van der Waals surface area contributed by atoms with Crippen LogP contribution in [0.1, 0.15) is 31.7 Å². The van der Waals surface area contributed by atoms with Gasteiger partial charge < -0.3 is 4.90 Å². The van der Waals surface area contributed by atoms with Crippen LogP contribution in [0.5, 0.6) is 0 Å². The number of nitrogens with zero attached hydrogens (tertiary/aromatic N) is 3. The molecular weight excluding hydrogens is 222 g/mol. The van der Waals surface area contributed by atoms with Gasteiger partial charge in [0.2, 0.25) is 5.95 Å². The predicted octanol–water partition coefficient (Wildman–Crippen LogP) is 2.84. The van der Waals surface area contributed by atoms with Crippen LogP contribution in [0.3, 0.4) is 0 Å². The zero-order valence-electron chi connectivity index (χ0n) is 9.69. The SMILES string of the molecule is CCC1CCCN(c2ncc(CCl)cn2)C1. The number of hydrogen-bond acceptors (Lipinski definition) is 3. The van der Waals surface area contributed by atoms with Crippen molar-refractivity contribution < 1.29 is 0 Å². The van der Waals surface area contributed by atoms with Crippen LogP contribution in [0.15, 0.2) is 12.4 Å². The van der Waals surface area contributed by atoms with Crippen LogP contribution >= 0.6 is 11.6 Å². The quantitative estimate of drug-likeness (QED) is 0.760. The molecule has 0 spiro atoms. The smallest absolute Gasteiger partial charge is 0.225 e. The Hall–Kier alpha value is -0.830. The van der Waals surface area contributed by atoms with Crippen molar-refractivity contribution >= 4 is 17.5 Å². The number of rotatable bonds is 3. The van der Waals surface area contributed by atoms with Gasteiger partial charge in [0.05, 0.1) is 5.88 Å². The molecule has 0 N–H and O–H groups in total. The molecule has 1 aromatic heterocycles. The lowest BCUT2D eigenvalue weighted by atomic mass is 9.96. The number of alkyl halides is 1. The summed E-state index contributed by atoms with van der Waals surface area (Å²) in [6.45, 7) is 4.43. The zero-order chi connectivity index (χ0) is 11.4. The van der Waals surface area contributed by atoms with Crippen molar-refractivity contribution in [3.63, 3.8) is 0 Å². The van der Waals surface area contributed by atoms with Crippen LogP contribution in [-0.4, -0.2) is 23.1 Å². The fourth-order valence-corrected chi connectivity index (χ4v) is 2.30. The maximum atomic E-state index is 5.72. The third kappa shape index (κ3) is 2.64. The molecule has 0 radical (unpaired) electrons. The Labute approximate surface area is 102 Å². The van der Waals surface area contributed by atoms with E-state index in [1.807, 2.05) is 12.4 Å². The first kappa shape index (κ1) is 11.6. The summed E-state index contributed by atoms with van der Waals surface area (Å²) >= 11 is 5.72. The monoisotopic (exact) mass is 239 g/mol. The van der Waals surface area contributed by atoms with E-state index in [1.54, 1.807) is 0 Å². The minimum absolute atomic E-state index is 0.484. The number of hydrogen-bond donors (Lipinski definition) is 0. The molecule has 0 saturated carbocycles. The highest BCUT2D eigenvalue weighted by Gasteiger charge is 2.20. The molecule has 1 saturated heterocycles. The lowest BCUT2D eigenvalue weighted by molar-refractivity contribution is 0.401. The van der Waals surface area contributed by atoms with Crippen LogP contribution in [0, 0.1) is 5.92 Å². The molecule has 88 valence electrons. The van der Waals surface area contributed by atoms with Crippen molar-refractivity contribution in [1.29, 1.82) is 0 Å². The van der Waals surface area contributed by atoms with Crippen LogP contribution < -0.4 is 4.90 Å². The second-order valence-electron chi connectivity index (χ2n) is 4.39. The van der Waals surface area contributed by atoms with Gasteiger partial charge in [-0.2, -0.15) is 0 Å². The van der Waals surface area contributed by atoms with Crippen LogP contribution in [0.2, 0.25) is 0 Å². The van der Waals surface area contributed by atoms with Crippen molar-refractivity contribution in [1.82, 2.24) is 9.97 Å². The highest BCUT2D eigenvalue weighted by Crippen LogP contribution is 2.22. The Morgan fingerprint density at radius 1 is 1.44 bits per heavy atom. The molecule has 0 aliphatic carbocycles. The molecule has 0 aromatic carbocycles. The van der Waals surface area contributed by atoms with E-state index in [9.17, 15) is 0 Å². The Morgan fingerprint density at radius 3 is 2.81 bits per heavy atom. The van der Waals surface area contributed by atoms with E-state index >= 15 is 0 Å². The van der Waals surface area contributed by atoms with Gasteiger partial charge in [-0.1, -0.05) is 13.3 Å². The van der Waals surface area contributed by atoms with Gasteiger partial charge >= 0.3 is 0 Å². The Kier molecular flexibility index (Phi) is 3.99. The van der Waals surface area contributed by atoms with Crippen LogP contribution in [0.4, 0.5) is 5.95 Å². The van der Waals surface area contributed by atoms with Gasteiger partial charge in [-0.15, -0.1) is 11.6 Å². The highest BCUT2D eigenvalue weighted by atomic mass is 35.5. The fraction of sp³-hybridized carbons (Fsp3) is 0.667. The normalized spacial score (nSPS) is 21.1. The zero-order valence-corrected chi connectivity index (χ0v) is 10.5. The third-order valence-corrected chi connectivity index (χ3v) is 3.53. The van der Waals surface area contributed by atoms with E-state index in [0.29, 0.717) is 5.88 Å². The van der Waals surface area contributed by atoms with Gasteiger partial charge in [-0.05, 0) is 18.8 Å². The molecule has 0 amide bonds. The van der Waals surface area contributed by atoms with Gasteiger partial charge in [0.15, 0.2) is 0 Å². The Balaban J connectivity index is 2.05. The second kappa shape index (κ2) is 5.48. The minimum atomic E-state index is 0.484. The first-order chi connectivity index (χ1) is 7.83. The number of anilines is 1. The highest BCUT2D eigenvalue weighted by molar-refractivity contribution is 6.17. The molecule has 1 atom stereocenters. The largest absolute Gasteiger partial charge is 0.341 e. The summed E-state index contributed by atoms with van der Waals surface area (Å²) in [6, 6.07) is 0. The molecular formula is C12H18ClN3. The summed E-state index contributed by atoms with van der Waals surface area (Å²) in [5, 5.41) is 0. The fourth-order valence-electron chi connectivity index (χ4n) is 2.16. The lowest BCUT2D eigenvalue weighted by Crippen LogP contribution is -2.36. The van der Waals surface area contributed by atoms with Gasteiger partial charge in [0.25, 0.3) is 0 Å². The van der Waals surface area contributed by atoms with Crippen molar-refractivity contribution in [2.45, 2.75) is 32.1 Å². The average Bonchev–Trinajstić information content (AvgIpc) is 2.39. The summed E-state index contributed by atoms with van der Waals surface area (Å²) in [6.07, 6.45) is 7.48. The molecule has 1 unspecified atom stereocenters. The maximum Gasteiger partial charge on any atom is 0.225 e. The molecule has 1 aromatic rings. The molecule has 1 fully saturated rings. The van der Waals surface area contributed by atoms with E-state index in [2.05, 4.69) is 21.8 Å². The van der Waals surface area contributed by atoms with E-state index in [0.717, 1.165) is 30.5 Å². The molecule has 16 heavy (non-hydrogen) atoms. The third-order valence-electron chi connectivity index (χ3n) is 3.23. The second-order valence-corrected chi connectivity index (χ2v) is 4.65. The van der Waals surface area contributed by atoms with Gasteiger partial charge in [-0.25, -0.2) is 9.97 Å². The van der Waals surface area contributed by atoms with Crippen molar-refractivity contribution in [2.24, 2.45) is 5.92 Å². The van der Waals surface area contributed by atoms with Crippen LogP contribution in [-0.2, 0) is 5.88 Å². The molecule has 1 aliphatic rings. The van der Waals surface area contributed by atoms with E-state index in [-0.39, 0.29) is 0 Å². The van der Waals surface area contributed by atoms with Crippen molar-refractivity contribution in [3.05, 3.63) is 18.0 Å². The van der Waals surface area contributed by atoms with Gasteiger partial charge in [0, 0.05) is 31.0 Å². The lowest BCUT2D eigenvalue weighted by Gasteiger charge is -2.32. The van der Waals surface area contributed by atoms with Crippen molar-refractivity contribution in [2.75, 3.05) is 18.0 Å². The molecule has 0 bridgehead atoms. The standard InChI is InChI=1S/C12H18ClN3/c1-2-10-4-3-5-16(9-10)12-14-7-11(6-13)8-15-12/h7-8,10H,2-6,9H2,1H3. The number of piperidine rings is 1. The summed E-state index contributed by atoms with van der Waals surface area (Å²) in [5.41, 5.74) is 0.981. The van der Waals surface area contributed by atoms with Gasteiger partial charge in [0.1, 0.15) is 0 Å². The van der Waals surface area contributed by atoms with Crippen molar-refractivity contribution in [3.8, 4) is 0 Å². The molecule has 2 heterocycles. The summed E-state index contributed by atoms with van der Waals surface area (Å²) in [4.78, 5) is 11.0. The van der Waals surface area contributed by atoms with E-state index < -0.39 is 0 Å². The summed E-state index contributed by atoms with van der Waals surface area (Å²) in [7, 11) is 0. The molecule has 1 aliphatic heterocycles. The number of aromatic nitrogens is 2.